The zero-order valence-corrected chi connectivity index (χ0v) is 7.38. The fourth-order valence-corrected chi connectivity index (χ4v) is 2.15. The highest BCUT2D eigenvalue weighted by Gasteiger charge is 2.27. The maximum absolute atomic E-state index is 11.5. The molecule has 1 atom stereocenters. The average Bonchev–Trinajstić information content (AvgIpc) is 2.29. The molecule has 0 aliphatic carbocycles. The molecule has 0 saturated carbocycles. The Bertz CT molecular complexity index is 181. The Labute approximate surface area is 73.1 Å². The van der Waals surface area contributed by atoms with Gasteiger partial charge >= 0.3 is 0 Å². The molecule has 0 bridgehead atoms. The summed E-state index contributed by atoms with van der Waals surface area (Å²) < 4.78 is 0. The molecule has 0 radical (unpaired) electrons. The molecule has 3 nitrogen and oxygen atoms in total. The molecule has 68 valence electrons. The largest absolute Gasteiger partial charge is 0.338 e. The van der Waals surface area contributed by atoms with Gasteiger partial charge in [-0.15, -0.1) is 0 Å². The number of carbonyl (C=O) groups is 1. The van der Waals surface area contributed by atoms with Gasteiger partial charge in [-0.3, -0.25) is 4.79 Å². The van der Waals surface area contributed by atoms with Gasteiger partial charge in [0.15, 0.2) is 0 Å². The van der Waals surface area contributed by atoms with E-state index in [4.69, 9.17) is 0 Å². The van der Waals surface area contributed by atoms with Crippen molar-refractivity contribution in [2.45, 2.75) is 31.7 Å². The van der Waals surface area contributed by atoms with Crippen LogP contribution in [0.5, 0.6) is 0 Å². The minimum Gasteiger partial charge on any atom is -0.338 e. The Morgan fingerprint density at radius 2 is 2.33 bits per heavy atom. The monoisotopic (exact) mass is 168 g/mol. The predicted octanol–water partition coefficient (Wildman–Crippen LogP) is 0.361. The van der Waals surface area contributed by atoms with Crippen LogP contribution in [0.15, 0.2) is 0 Å². The van der Waals surface area contributed by atoms with E-state index in [1.165, 1.54) is 19.3 Å². The van der Waals surface area contributed by atoms with E-state index in [-0.39, 0.29) is 0 Å². The number of rotatable bonds is 0. The number of nitrogens with one attached hydrogen (secondary N) is 1. The van der Waals surface area contributed by atoms with Gasteiger partial charge in [0.1, 0.15) is 0 Å². The van der Waals surface area contributed by atoms with Crippen LogP contribution in [0.4, 0.5) is 0 Å². The van der Waals surface area contributed by atoms with Gasteiger partial charge in [0.2, 0.25) is 5.91 Å². The maximum atomic E-state index is 11.5. The molecule has 0 aromatic carbocycles. The molecule has 2 heterocycles. The molecule has 3 heteroatoms. The second-order valence-electron chi connectivity index (χ2n) is 3.69. The number of piperidine rings is 1. The van der Waals surface area contributed by atoms with Crippen LogP contribution in [0.1, 0.15) is 25.7 Å². The van der Waals surface area contributed by atoms with Crippen molar-refractivity contribution in [3.63, 3.8) is 0 Å². The zero-order chi connectivity index (χ0) is 8.39. The fourth-order valence-electron chi connectivity index (χ4n) is 2.15. The zero-order valence-electron chi connectivity index (χ0n) is 7.38. The van der Waals surface area contributed by atoms with Gasteiger partial charge < -0.3 is 10.2 Å². The number of hydrogen-bond acceptors (Lipinski definition) is 2. The van der Waals surface area contributed by atoms with E-state index in [1.807, 2.05) is 0 Å². The second kappa shape index (κ2) is 3.44. The number of nitrogens with zero attached hydrogens (tertiary/aromatic N) is 1. The smallest absolute Gasteiger partial charge is 0.224 e. The standard InChI is InChI=1S/C9H16N2O/c12-9-4-5-10-7-8-3-1-2-6-11(8)9/h8,10H,1-7H2/t8-/m0/s1. The molecule has 12 heavy (non-hydrogen) atoms. The minimum absolute atomic E-state index is 0.352. The van der Waals surface area contributed by atoms with Gasteiger partial charge in [0.25, 0.3) is 0 Å². The van der Waals surface area contributed by atoms with E-state index in [2.05, 4.69) is 10.2 Å². The Hall–Kier alpha value is -0.570. The SMILES string of the molecule is O=C1CCNC[C@@H]2CCCCN12. The molecule has 0 aromatic rings. The molecule has 0 aromatic heterocycles. The summed E-state index contributed by atoms with van der Waals surface area (Å²) in [6, 6.07) is 0.494. The first-order valence-corrected chi connectivity index (χ1v) is 4.88. The van der Waals surface area contributed by atoms with Crippen LogP contribution in [0, 0.1) is 0 Å². The quantitative estimate of drug-likeness (QED) is 0.566. The molecule has 2 rings (SSSR count). The molecule has 2 aliphatic rings. The Morgan fingerprint density at radius 1 is 1.42 bits per heavy atom. The van der Waals surface area contributed by atoms with E-state index in [0.717, 1.165) is 19.6 Å². The molecule has 0 unspecified atom stereocenters. The van der Waals surface area contributed by atoms with Gasteiger partial charge in [-0.1, -0.05) is 0 Å². The molecule has 2 fully saturated rings. The van der Waals surface area contributed by atoms with Gasteiger partial charge in [0, 0.05) is 32.1 Å². The summed E-state index contributed by atoms with van der Waals surface area (Å²) in [6.07, 6.45) is 4.37. The van der Waals surface area contributed by atoms with Crippen molar-refractivity contribution < 1.29 is 4.79 Å². The minimum atomic E-state index is 0.352. The maximum Gasteiger partial charge on any atom is 0.224 e. The van der Waals surface area contributed by atoms with Crippen LogP contribution in [-0.2, 0) is 4.79 Å². The summed E-state index contributed by atoms with van der Waals surface area (Å²) in [7, 11) is 0. The molecule has 0 spiro atoms. The average molecular weight is 168 g/mol. The highest BCUT2D eigenvalue weighted by Crippen LogP contribution is 2.18. The number of amides is 1. The van der Waals surface area contributed by atoms with Gasteiger partial charge in [-0.25, -0.2) is 0 Å². The van der Waals surface area contributed by atoms with E-state index < -0.39 is 0 Å². The normalized spacial score (nSPS) is 31.2. The molecular weight excluding hydrogens is 152 g/mol. The summed E-state index contributed by atoms with van der Waals surface area (Å²) in [5.41, 5.74) is 0. The van der Waals surface area contributed by atoms with E-state index in [1.54, 1.807) is 0 Å². The molecule has 1 amide bonds. The summed E-state index contributed by atoms with van der Waals surface area (Å²) in [6.45, 7) is 2.86. The van der Waals surface area contributed by atoms with E-state index in [9.17, 15) is 4.79 Å². The van der Waals surface area contributed by atoms with Gasteiger partial charge in [-0.2, -0.15) is 0 Å². The third-order valence-electron chi connectivity index (χ3n) is 2.84. The third kappa shape index (κ3) is 1.46. The van der Waals surface area contributed by atoms with Crippen molar-refractivity contribution in [1.29, 1.82) is 0 Å². The first-order chi connectivity index (χ1) is 5.88. The Balaban J connectivity index is 2.06. The van der Waals surface area contributed by atoms with Crippen molar-refractivity contribution in [3.8, 4) is 0 Å². The highest BCUT2D eigenvalue weighted by molar-refractivity contribution is 5.77. The number of hydrogen-bond donors (Lipinski definition) is 1. The lowest BCUT2D eigenvalue weighted by Crippen LogP contribution is -2.45. The lowest BCUT2D eigenvalue weighted by molar-refractivity contribution is -0.133. The third-order valence-corrected chi connectivity index (χ3v) is 2.84. The Morgan fingerprint density at radius 3 is 3.25 bits per heavy atom. The number of carbonyl (C=O) groups excluding carboxylic acids is 1. The fraction of sp³-hybridized carbons (Fsp3) is 0.889. The van der Waals surface area contributed by atoms with E-state index >= 15 is 0 Å². The second-order valence-corrected chi connectivity index (χ2v) is 3.69. The highest BCUT2D eigenvalue weighted by atomic mass is 16.2. The molecule has 1 N–H and O–H groups in total. The van der Waals surface area contributed by atoms with Crippen molar-refractivity contribution in [3.05, 3.63) is 0 Å². The van der Waals surface area contributed by atoms with Crippen LogP contribution < -0.4 is 5.32 Å². The summed E-state index contributed by atoms with van der Waals surface area (Å²) >= 11 is 0. The lowest BCUT2D eigenvalue weighted by atomic mass is 10.0. The first-order valence-electron chi connectivity index (χ1n) is 4.88. The van der Waals surface area contributed by atoms with Crippen molar-refractivity contribution in [2.24, 2.45) is 0 Å². The van der Waals surface area contributed by atoms with Gasteiger partial charge in [0.05, 0.1) is 0 Å². The van der Waals surface area contributed by atoms with E-state index in [0.29, 0.717) is 18.4 Å². The van der Waals surface area contributed by atoms with Crippen LogP contribution in [0.2, 0.25) is 0 Å². The predicted molar refractivity (Wildman–Crippen MR) is 46.8 cm³/mol. The summed E-state index contributed by atoms with van der Waals surface area (Å²) in [5.74, 6) is 0.352. The van der Waals surface area contributed by atoms with Crippen molar-refractivity contribution >= 4 is 5.91 Å². The van der Waals surface area contributed by atoms with Crippen LogP contribution in [-0.4, -0.2) is 36.5 Å². The lowest BCUT2D eigenvalue weighted by Gasteiger charge is -2.34. The molecular formula is C9H16N2O. The van der Waals surface area contributed by atoms with Crippen LogP contribution in [0.25, 0.3) is 0 Å². The summed E-state index contributed by atoms with van der Waals surface area (Å²) in [5, 5.41) is 3.31. The Kier molecular flexibility index (Phi) is 2.30. The van der Waals surface area contributed by atoms with Gasteiger partial charge in [-0.05, 0) is 19.3 Å². The van der Waals surface area contributed by atoms with Crippen LogP contribution >= 0.6 is 0 Å². The summed E-state index contributed by atoms with van der Waals surface area (Å²) in [4.78, 5) is 13.6. The topological polar surface area (TPSA) is 32.3 Å². The molecule has 2 saturated heterocycles. The van der Waals surface area contributed by atoms with Crippen molar-refractivity contribution in [1.82, 2.24) is 10.2 Å². The molecule has 2 aliphatic heterocycles. The van der Waals surface area contributed by atoms with Crippen LogP contribution in [0.3, 0.4) is 0 Å². The first kappa shape index (κ1) is 8.05. The number of fused-ring (bicyclic) bond motifs is 1. The van der Waals surface area contributed by atoms with Crippen molar-refractivity contribution in [2.75, 3.05) is 19.6 Å².